The lowest BCUT2D eigenvalue weighted by Gasteiger charge is -2.04. The Morgan fingerprint density at radius 2 is 2.17 bits per heavy atom. The second-order valence-corrected chi connectivity index (χ2v) is 3.65. The molecule has 0 fully saturated rings. The van der Waals surface area contributed by atoms with Crippen LogP contribution >= 0.6 is 11.8 Å². The lowest BCUT2D eigenvalue weighted by Crippen LogP contribution is -2.02. The van der Waals surface area contributed by atoms with Gasteiger partial charge in [-0.25, -0.2) is 4.39 Å². The molecule has 3 heteroatoms. The highest BCUT2D eigenvalue weighted by molar-refractivity contribution is 7.99. The first kappa shape index (κ1) is 9.55. The van der Waals surface area contributed by atoms with E-state index in [1.54, 1.807) is 25.1 Å². The molecule has 1 N–H and O–H groups in total. The molecule has 0 aliphatic heterocycles. The fourth-order valence-corrected chi connectivity index (χ4v) is 1.57. The zero-order valence-corrected chi connectivity index (χ0v) is 7.64. The van der Waals surface area contributed by atoms with Crippen molar-refractivity contribution >= 4 is 11.8 Å². The second-order valence-electron chi connectivity index (χ2n) is 2.59. The van der Waals surface area contributed by atoms with Gasteiger partial charge in [-0.2, -0.15) is 0 Å². The summed E-state index contributed by atoms with van der Waals surface area (Å²) in [6.07, 6.45) is -0.394. The first-order valence-electron chi connectivity index (χ1n) is 3.75. The Balaban J connectivity index is 2.57. The van der Waals surface area contributed by atoms with Crippen LogP contribution in [0.4, 0.5) is 4.39 Å². The standard InChI is InChI=1S/C9H11FOS/c1-7(11)6-12-9-5-3-2-4-8(9)10/h2-5,7,11H,6H2,1H3/t7-/m1/s1. The normalized spacial score (nSPS) is 12.9. The molecule has 1 atom stereocenters. The number of rotatable bonds is 3. The number of hydrogen-bond donors (Lipinski definition) is 1. The number of aliphatic hydroxyl groups excluding tert-OH is 1. The lowest BCUT2D eigenvalue weighted by atomic mass is 10.3. The first-order valence-corrected chi connectivity index (χ1v) is 4.74. The van der Waals surface area contributed by atoms with Gasteiger partial charge in [0.2, 0.25) is 0 Å². The summed E-state index contributed by atoms with van der Waals surface area (Å²) in [5.74, 6) is 0.309. The van der Waals surface area contributed by atoms with E-state index in [2.05, 4.69) is 0 Å². The van der Waals surface area contributed by atoms with Crippen LogP contribution in [0.15, 0.2) is 29.2 Å². The molecule has 0 amide bonds. The Labute approximate surface area is 75.6 Å². The van der Waals surface area contributed by atoms with Gasteiger partial charge in [-0.05, 0) is 19.1 Å². The van der Waals surface area contributed by atoms with Crippen LogP contribution < -0.4 is 0 Å². The molecule has 0 heterocycles. The van der Waals surface area contributed by atoms with Gasteiger partial charge in [0.1, 0.15) is 5.82 Å². The van der Waals surface area contributed by atoms with E-state index in [1.165, 1.54) is 17.8 Å². The average molecular weight is 186 g/mol. The monoisotopic (exact) mass is 186 g/mol. The maximum atomic E-state index is 12.9. The Hall–Kier alpha value is -0.540. The molecule has 0 unspecified atom stereocenters. The molecule has 0 aromatic heterocycles. The summed E-state index contributed by atoms with van der Waals surface area (Å²) < 4.78 is 12.9. The summed E-state index contributed by atoms with van der Waals surface area (Å²) in [6, 6.07) is 6.57. The Bertz CT molecular complexity index is 250. The van der Waals surface area contributed by atoms with Crippen LogP contribution in [0, 0.1) is 5.82 Å². The summed E-state index contributed by atoms with van der Waals surface area (Å²) >= 11 is 1.33. The summed E-state index contributed by atoms with van der Waals surface area (Å²) in [7, 11) is 0. The number of hydrogen-bond acceptors (Lipinski definition) is 2. The van der Waals surface area contributed by atoms with Crippen LogP contribution in [0.2, 0.25) is 0 Å². The molecule has 12 heavy (non-hydrogen) atoms. The van der Waals surface area contributed by atoms with Gasteiger partial charge in [0, 0.05) is 10.6 Å². The predicted octanol–water partition coefficient (Wildman–Crippen LogP) is 2.30. The highest BCUT2D eigenvalue weighted by Crippen LogP contribution is 2.21. The molecule has 1 rings (SSSR count). The van der Waals surface area contributed by atoms with Crippen LogP contribution in [0.25, 0.3) is 0 Å². The van der Waals surface area contributed by atoms with Gasteiger partial charge in [0.25, 0.3) is 0 Å². The van der Waals surface area contributed by atoms with Crippen molar-refractivity contribution in [3.63, 3.8) is 0 Å². The number of benzene rings is 1. The number of halogens is 1. The molecule has 0 saturated heterocycles. The van der Waals surface area contributed by atoms with E-state index >= 15 is 0 Å². The van der Waals surface area contributed by atoms with Crippen molar-refractivity contribution < 1.29 is 9.50 Å². The van der Waals surface area contributed by atoms with E-state index in [4.69, 9.17) is 5.11 Å². The molecular formula is C9H11FOS. The fourth-order valence-electron chi connectivity index (χ4n) is 0.772. The Morgan fingerprint density at radius 3 is 2.75 bits per heavy atom. The van der Waals surface area contributed by atoms with Crippen molar-refractivity contribution in [1.82, 2.24) is 0 Å². The van der Waals surface area contributed by atoms with Crippen LogP contribution in [-0.2, 0) is 0 Å². The minimum absolute atomic E-state index is 0.219. The van der Waals surface area contributed by atoms with E-state index in [-0.39, 0.29) is 5.82 Å². The van der Waals surface area contributed by atoms with Gasteiger partial charge in [0.05, 0.1) is 6.10 Å². The molecule has 66 valence electrons. The molecule has 0 aliphatic carbocycles. The Kier molecular flexibility index (Phi) is 3.56. The van der Waals surface area contributed by atoms with E-state index in [1.807, 2.05) is 0 Å². The summed E-state index contributed by atoms with van der Waals surface area (Å²) in [4.78, 5) is 0.596. The molecule has 0 bridgehead atoms. The molecule has 1 nitrogen and oxygen atoms in total. The summed E-state index contributed by atoms with van der Waals surface area (Å²) in [6.45, 7) is 1.69. The summed E-state index contributed by atoms with van der Waals surface area (Å²) in [5, 5.41) is 8.96. The molecule has 0 spiro atoms. The van der Waals surface area contributed by atoms with Crippen molar-refractivity contribution in [2.75, 3.05) is 5.75 Å². The van der Waals surface area contributed by atoms with Gasteiger partial charge in [-0.3, -0.25) is 0 Å². The molecule has 0 radical (unpaired) electrons. The third kappa shape index (κ3) is 2.83. The van der Waals surface area contributed by atoms with Gasteiger partial charge >= 0.3 is 0 Å². The highest BCUT2D eigenvalue weighted by Gasteiger charge is 2.02. The van der Waals surface area contributed by atoms with E-state index in [9.17, 15) is 4.39 Å². The van der Waals surface area contributed by atoms with Gasteiger partial charge < -0.3 is 5.11 Å². The van der Waals surface area contributed by atoms with Crippen LogP contribution in [0.5, 0.6) is 0 Å². The molecule has 0 aliphatic rings. The van der Waals surface area contributed by atoms with Crippen molar-refractivity contribution in [3.05, 3.63) is 30.1 Å². The van der Waals surface area contributed by atoms with Crippen LogP contribution in [0.3, 0.4) is 0 Å². The first-order chi connectivity index (χ1) is 5.70. The average Bonchev–Trinajstić information content (AvgIpc) is 2.03. The van der Waals surface area contributed by atoms with E-state index in [0.717, 1.165) is 0 Å². The maximum Gasteiger partial charge on any atom is 0.136 e. The smallest absolute Gasteiger partial charge is 0.136 e. The maximum absolute atomic E-state index is 12.9. The van der Waals surface area contributed by atoms with Crippen LogP contribution in [0.1, 0.15) is 6.92 Å². The number of thioether (sulfide) groups is 1. The lowest BCUT2D eigenvalue weighted by molar-refractivity contribution is 0.220. The quantitative estimate of drug-likeness (QED) is 0.731. The minimum atomic E-state index is -0.394. The Morgan fingerprint density at radius 1 is 1.50 bits per heavy atom. The van der Waals surface area contributed by atoms with Crippen molar-refractivity contribution in [2.24, 2.45) is 0 Å². The third-order valence-corrected chi connectivity index (χ3v) is 2.61. The molecular weight excluding hydrogens is 175 g/mol. The van der Waals surface area contributed by atoms with Crippen molar-refractivity contribution in [1.29, 1.82) is 0 Å². The number of aliphatic hydroxyl groups is 1. The second kappa shape index (κ2) is 4.48. The third-order valence-electron chi connectivity index (χ3n) is 1.32. The van der Waals surface area contributed by atoms with Crippen molar-refractivity contribution in [2.45, 2.75) is 17.9 Å². The largest absolute Gasteiger partial charge is 0.393 e. The zero-order valence-electron chi connectivity index (χ0n) is 6.83. The van der Waals surface area contributed by atoms with E-state index in [0.29, 0.717) is 10.6 Å². The van der Waals surface area contributed by atoms with Gasteiger partial charge in [-0.1, -0.05) is 12.1 Å². The highest BCUT2D eigenvalue weighted by atomic mass is 32.2. The molecule has 0 saturated carbocycles. The fraction of sp³-hybridized carbons (Fsp3) is 0.333. The van der Waals surface area contributed by atoms with Gasteiger partial charge in [0.15, 0.2) is 0 Å². The van der Waals surface area contributed by atoms with Gasteiger partial charge in [-0.15, -0.1) is 11.8 Å². The topological polar surface area (TPSA) is 20.2 Å². The van der Waals surface area contributed by atoms with Crippen molar-refractivity contribution in [3.8, 4) is 0 Å². The predicted molar refractivity (Wildman–Crippen MR) is 48.8 cm³/mol. The minimum Gasteiger partial charge on any atom is -0.393 e. The molecule has 1 aromatic rings. The molecule has 1 aromatic carbocycles. The zero-order chi connectivity index (χ0) is 8.97. The van der Waals surface area contributed by atoms with Crippen LogP contribution in [-0.4, -0.2) is 17.0 Å². The summed E-state index contributed by atoms with van der Waals surface area (Å²) in [5.41, 5.74) is 0. The van der Waals surface area contributed by atoms with E-state index < -0.39 is 6.10 Å². The SMILES string of the molecule is C[C@@H](O)CSc1ccccc1F.